The van der Waals surface area contributed by atoms with Gasteiger partial charge in [0.25, 0.3) is 5.91 Å². The van der Waals surface area contributed by atoms with Crippen LogP contribution in [0, 0.1) is 6.92 Å². The van der Waals surface area contributed by atoms with Gasteiger partial charge in [0.15, 0.2) is 5.11 Å². The number of amides is 2. The number of carbonyl (C=O) groups is 2. The number of anilines is 1. The van der Waals surface area contributed by atoms with E-state index in [0.29, 0.717) is 17.8 Å². The summed E-state index contributed by atoms with van der Waals surface area (Å²) in [5, 5.41) is 8.54. The molecule has 0 radical (unpaired) electrons. The number of benzene rings is 2. The minimum atomic E-state index is -0.353. The van der Waals surface area contributed by atoms with Crippen LogP contribution in [0.5, 0.6) is 0 Å². The van der Waals surface area contributed by atoms with Crippen molar-refractivity contribution in [3.05, 3.63) is 71.3 Å². The fourth-order valence-corrected chi connectivity index (χ4v) is 3.26. The summed E-state index contributed by atoms with van der Waals surface area (Å²) in [6.45, 7) is 3.22. The first-order valence-corrected chi connectivity index (χ1v) is 10.3. The maximum atomic E-state index is 12.6. The van der Waals surface area contributed by atoms with Gasteiger partial charge in [-0.25, -0.2) is 0 Å². The van der Waals surface area contributed by atoms with Gasteiger partial charge in [0.05, 0.1) is 17.4 Å². The van der Waals surface area contributed by atoms with Crippen molar-refractivity contribution in [3.63, 3.8) is 0 Å². The van der Waals surface area contributed by atoms with E-state index < -0.39 is 0 Å². The second-order valence-corrected chi connectivity index (χ2v) is 7.49. The van der Waals surface area contributed by atoms with Crippen molar-refractivity contribution in [2.75, 3.05) is 18.5 Å². The van der Waals surface area contributed by atoms with Crippen LogP contribution in [0.4, 0.5) is 5.69 Å². The predicted molar refractivity (Wildman–Crippen MR) is 122 cm³/mol. The van der Waals surface area contributed by atoms with Gasteiger partial charge < -0.3 is 15.4 Å². The van der Waals surface area contributed by atoms with E-state index in [2.05, 4.69) is 16.0 Å². The molecule has 7 heteroatoms. The highest BCUT2D eigenvalue weighted by Gasteiger charge is 2.18. The van der Waals surface area contributed by atoms with Crippen LogP contribution in [0.1, 0.15) is 34.3 Å². The Labute approximate surface area is 181 Å². The summed E-state index contributed by atoms with van der Waals surface area (Å²) in [7, 11) is 0. The number of rotatable bonds is 6. The van der Waals surface area contributed by atoms with Crippen molar-refractivity contribution in [2.24, 2.45) is 0 Å². The number of carbonyl (C=O) groups excluding carboxylic acids is 2. The van der Waals surface area contributed by atoms with E-state index in [1.54, 1.807) is 30.3 Å². The lowest BCUT2D eigenvalue weighted by Gasteiger charge is -2.14. The quantitative estimate of drug-likeness (QED) is 0.490. The molecule has 2 amide bonds. The van der Waals surface area contributed by atoms with Gasteiger partial charge in [-0.3, -0.25) is 14.9 Å². The van der Waals surface area contributed by atoms with Gasteiger partial charge in [0.2, 0.25) is 5.91 Å². The third-order valence-electron chi connectivity index (χ3n) is 4.68. The molecule has 1 atom stereocenters. The average molecular weight is 424 g/mol. The smallest absolute Gasteiger partial charge is 0.253 e. The van der Waals surface area contributed by atoms with Gasteiger partial charge in [-0.05, 0) is 55.8 Å². The van der Waals surface area contributed by atoms with E-state index in [0.717, 1.165) is 30.6 Å². The Morgan fingerprint density at radius 1 is 1.17 bits per heavy atom. The molecule has 0 aliphatic carbocycles. The summed E-state index contributed by atoms with van der Waals surface area (Å²) in [6.07, 6.45) is 5.16. The van der Waals surface area contributed by atoms with Crippen molar-refractivity contribution in [2.45, 2.75) is 25.9 Å². The second-order valence-electron chi connectivity index (χ2n) is 7.08. The average Bonchev–Trinajstić information content (AvgIpc) is 3.25. The molecule has 1 heterocycles. The van der Waals surface area contributed by atoms with E-state index in [4.69, 9.17) is 17.0 Å². The molecule has 30 heavy (non-hydrogen) atoms. The molecule has 2 aromatic rings. The minimum absolute atomic E-state index is 0.0646. The first kappa shape index (κ1) is 21.7. The molecule has 1 unspecified atom stereocenters. The molecule has 1 saturated heterocycles. The molecular formula is C23H25N3O3S. The standard InChI is InChI=1S/C23H25N3O3S/c1-16-8-10-17(11-9-16)12-13-21(27)26-23(30)25-20-7-3-2-6-19(20)22(28)24-15-18-5-4-14-29-18/h2-3,6-13,18H,4-5,14-15H2,1H3,(H,24,28)(H2,25,26,27,30)/b13-12+. The Kier molecular flexibility index (Phi) is 7.70. The lowest BCUT2D eigenvalue weighted by molar-refractivity contribution is -0.115. The number of aryl methyl sites for hydroxylation is 1. The van der Waals surface area contributed by atoms with Crippen LogP contribution in [0.2, 0.25) is 0 Å². The van der Waals surface area contributed by atoms with Gasteiger partial charge in [0.1, 0.15) is 0 Å². The fraction of sp³-hybridized carbons (Fsp3) is 0.261. The Balaban J connectivity index is 1.54. The van der Waals surface area contributed by atoms with Crippen LogP contribution in [-0.2, 0) is 9.53 Å². The summed E-state index contributed by atoms with van der Waals surface area (Å²) in [4.78, 5) is 24.7. The number of para-hydroxylation sites is 1. The Morgan fingerprint density at radius 2 is 1.93 bits per heavy atom. The normalized spacial score (nSPS) is 15.7. The zero-order valence-corrected chi connectivity index (χ0v) is 17.6. The Hall–Kier alpha value is -3.03. The van der Waals surface area contributed by atoms with E-state index >= 15 is 0 Å². The lowest BCUT2D eigenvalue weighted by atomic mass is 10.1. The number of ether oxygens (including phenoxy) is 1. The zero-order chi connectivity index (χ0) is 21.3. The summed E-state index contributed by atoms with van der Waals surface area (Å²) < 4.78 is 5.53. The molecule has 0 aromatic heterocycles. The monoisotopic (exact) mass is 423 g/mol. The SMILES string of the molecule is Cc1ccc(/C=C/C(=O)NC(=S)Nc2ccccc2C(=O)NCC2CCCO2)cc1. The lowest BCUT2D eigenvalue weighted by Crippen LogP contribution is -2.35. The van der Waals surface area contributed by atoms with Crippen molar-refractivity contribution in [1.82, 2.24) is 10.6 Å². The molecule has 1 fully saturated rings. The Morgan fingerprint density at radius 3 is 2.67 bits per heavy atom. The highest BCUT2D eigenvalue weighted by Crippen LogP contribution is 2.16. The zero-order valence-electron chi connectivity index (χ0n) is 16.8. The predicted octanol–water partition coefficient (Wildman–Crippen LogP) is 3.43. The maximum absolute atomic E-state index is 12.6. The van der Waals surface area contributed by atoms with E-state index in [9.17, 15) is 9.59 Å². The van der Waals surface area contributed by atoms with Crippen LogP contribution in [0.15, 0.2) is 54.6 Å². The van der Waals surface area contributed by atoms with Crippen molar-refractivity contribution >= 4 is 40.9 Å². The molecule has 156 valence electrons. The topological polar surface area (TPSA) is 79.5 Å². The van der Waals surface area contributed by atoms with Crippen LogP contribution in [0.3, 0.4) is 0 Å². The molecule has 2 aromatic carbocycles. The third kappa shape index (κ3) is 6.50. The highest BCUT2D eigenvalue weighted by molar-refractivity contribution is 7.80. The summed E-state index contributed by atoms with van der Waals surface area (Å²) in [5.74, 6) is -0.574. The third-order valence-corrected chi connectivity index (χ3v) is 4.88. The molecule has 0 saturated carbocycles. The molecule has 3 rings (SSSR count). The summed E-state index contributed by atoms with van der Waals surface area (Å²) in [6, 6.07) is 14.8. The van der Waals surface area contributed by atoms with Crippen LogP contribution < -0.4 is 16.0 Å². The number of hydrogen-bond donors (Lipinski definition) is 3. The van der Waals surface area contributed by atoms with Gasteiger partial charge in [-0.15, -0.1) is 0 Å². The first-order chi connectivity index (χ1) is 14.5. The minimum Gasteiger partial charge on any atom is -0.376 e. The van der Waals surface area contributed by atoms with Crippen LogP contribution in [-0.4, -0.2) is 36.2 Å². The van der Waals surface area contributed by atoms with Crippen molar-refractivity contribution < 1.29 is 14.3 Å². The first-order valence-electron chi connectivity index (χ1n) is 9.87. The van der Waals surface area contributed by atoms with Crippen molar-refractivity contribution in [3.8, 4) is 0 Å². The van der Waals surface area contributed by atoms with Gasteiger partial charge >= 0.3 is 0 Å². The van der Waals surface area contributed by atoms with Crippen LogP contribution >= 0.6 is 12.2 Å². The fourth-order valence-electron chi connectivity index (χ4n) is 3.05. The molecule has 3 N–H and O–H groups in total. The summed E-state index contributed by atoms with van der Waals surface area (Å²) in [5.41, 5.74) is 3.04. The Bertz CT molecular complexity index is 935. The van der Waals surface area contributed by atoms with Gasteiger partial charge in [0, 0.05) is 19.2 Å². The van der Waals surface area contributed by atoms with E-state index in [-0.39, 0.29) is 23.0 Å². The number of thiocarbonyl (C=S) groups is 1. The van der Waals surface area contributed by atoms with E-state index in [1.165, 1.54) is 6.08 Å². The number of hydrogen-bond acceptors (Lipinski definition) is 4. The molecular weight excluding hydrogens is 398 g/mol. The molecule has 1 aliphatic heterocycles. The van der Waals surface area contributed by atoms with Crippen LogP contribution in [0.25, 0.3) is 6.08 Å². The van der Waals surface area contributed by atoms with Gasteiger partial charge in [-0.1, -0.05) is 42.0 Å². The van der Waals surface area contributed by atoms with E-state index in [1.807, 2.05) is 31.2 Å². The molecule has 6 nitrogen and oxygen atoms in total. The molecule has 0 bridgehead atoms. The summed E-state index contributed by atoms with van der Waals surface area (Å²) >= 11 is 5.23. The highest BCUT2D eigenvalue weighted by atomic mass is 32.1. The molecule has 0 spiro atoms. The largest absolute Gasteiger partial charge is 0.376 e. The molecule has 1 aliphatic rings. The maximum Gasteiger partial charge on any atom is 0.253 e. The number of nitrogens with one attached hydrogen (secondary N) is 3. The van der Waals surface area contributed by atoms with Crippen molar-refractivity contribution in [1.29, 1.82) is 0 Å². The second kappa shape index (κ2) is 10.7. The van der Waals surface area contributed by atoms with Gasteiger partial charge in [-0.2, -0.15) is 0 Å².